The van der Waals surface area contributed by atoms with Crippen LogP contribution < -0.4 is 5.32 Å². The molecule has 0 fully saturated rings. The highest BCUT2D eigenvalue weighted by Gasteiger charge is 2.20. The topological polar surface area (TPSA) is 42.0 Å². The van der Waals surface area contributed by atoms with Gasteiger partial charge < -0.3 is 5.32 Å². The molecule has 1 N–H and O–H groups in total. The first kappa shape index (κ1) is 18.7. The lowest BCUT2D eigenvalue weighted by atomic mass is 10.0. The molecule has 1 aromatic heterocycles. The van der Waals surface area contributed by atoms with E-state index in [1.165, 1.54) is 0 Å². The molecule has 3 nitrogen and oxygen atoms in total. The van der Waals surface area contributed by atoms with E-state index in [0.717, 1.165) is 11.1 Å². The van der Waals surface area contributed by atoms with Crippen LogP contribution in [-0.4, -0.2) is 10.9 Å². The number of nitrogens with one attached hydrogen (secondary N) is 1. The maximum atomic E-state index is 12.7. The third-order valence-corrected chi connectivity index (χ3v) is 4.87. The second-order valence-corrected chi connectivity index (χ2v) is 7.10. The average molecular weight is 406 g/mol. The number of hydrogen-bond acceptors (Lipinski definition) is 2. The van der Waals surface area contributed by atoms with Crippen LogP contribution in [0.25, 0.3) is 0 Å². The van der Waals surface area contributed by atoms with Crippen LogP contribution >= 0.6 is 34.8 Å². The van der Waals surface area contributed by atoms with Crippen molar-refractivity contribution in [3.63, 3.8) is 0 Å². The van der Waals surface area contributed by atoms with Crippen LogP contribution in [0.5, 0.6) is 0 Å². The molecule has 1 amide bonds. The molecule has 2 aromatic carbocycles. The number of carbonyl (C=O) groups excluding carboxylic acids is 1. The summed E-state index contributed by atoms with van der Waals surface area (Å²) in [6.07, 6.45) is 1.54. The minimum atomic E-state index is -0.490. The van der Waals surface area contributed by atoms with Gasteiger partial charge in [-0.3, -0.25) is 9.78 Å². The van der Waals surface area contributed by atoms with Gasteiger partial charge in [-0.25, -0.2) is 0 Å². The van der Waals surface area contributed by atoms with Gasteiger partial charge in [-0.1, -0.05) is 58.6 Å². The lowest BCUT2D eigenvalue weighted by Gasteiger charge is -2.19. The molecule has 0 aliphatic rings. The monoisotopic (exact) mass is 404 g/mol. The summed E-state index contributed by atoms with van der Waals surface area (Å²) in [4.78, 5) is 17.1. The van der Waals surface area contributed by atoms with Gasteiger partial charge in [0.1, 0.15) is 0 Å². The highest BCUT2D eigenvalue weighted by Crippen LogP contribution is 2.29. The Morgan fingerprint density at radius 1 is 0.962 bits per heavy atom. The molecule has 1 atom stereocenters. The molecule has 0 saturated heterocycles. The molecule has 0 aliphatic heterocycles. The zero-order valence-electron chi connectivity index (χ0n) is 13.8. The molecule has 6 heteroatoms. The Kier molecular flexibility index (Phi) is 5.82. The molecule has 0 spiro atoms. The zero-order valence-corrected chi connectivity index (χ0v) is 16.1. The molecular weight excluding hydrogens is 391 g/mol. The number of amides is 1. The standard InChI is InChI=1S/C20H15Cl3N2O/c1-12-2-4-13(5-3-12)20(26)25-19(18-9-7-15(21)11-24-18)14-6-8-16(22)17(23)10-14/h2-11,19H,1H3,(H,25,26). The van der Waals surface area contributed by atoms with Gasteiger partial charge in [-0.15, -0.1) is 0 Å². The van der Waals surface area contributed by atoms with Crippen molar-refractivity contribution in [3.8, 4) is 0 Å². The van der Waals surface area contributed by atoms with Crippen LogP contribution in [0.2, 0.25) is 15.1 Å². The summed E-state index contributed by atoms with van der Waals surface area (Å²) in [6, 6.07) is 15.6. The molecular formula is C20H15Cl3N2O. The van der Waals surface area contributed by atoms with E-state index >= 15 is 0 Å². The number of aryl methyl sites for hydroxylation is 1. The Hall–Kier alpha value is -2.07. The molecule has 0 bridgehead atoms. The van der Waals surface area contributed by atoms with Gasteiger partial charge in [0.15, 0.2) is 0 Å². The van der Waals surface area contributed by atoms with Crippen molar-refractivity contribution in [1.82, 2.24) is 10.3 Å². The van der Waals surface area contributed by atoms with Crippen LogP contribution in [0.1, 0.15) is 33.2 Å². The van der Waals surface area contributed by atoms with Crippen LogP contribution in [0.3, 0.4) is 0 Å². The van der Waals surface area contributed by atoms with Gasteiger partial charge in [0.25, 0.3) is 5.91 Å². The first-order valence-corrected chi connectivity index (χ1v) is 9.01. The number of halogens is 3. The molecule has 0 saturated carbocycles. The van der Waals surface area contributed by atoms with Crippen molar-refractivity contribution < 1.29 is 4.79 Å². The Balaban J connectivity index is 1.97. The third kappa shape index (κ3) is 4.36. The Labute approximate surface area is 166 Å². The summed E-state index contributed by atoms with van der Waals surface area (Å²) < 4.78 is 0. The Bertz CT molecular complexity index is 925. The van der Waals surface area contributed by atoms with Gasteiger partial charge >= 0.3 is 0 Å². The van der Waals surface area contributed by atoms with E-state index in [-0.39, 0.29) is 5.91 Å². The lowest BCUT2D eigenvalue weighted by molar-refractivity contribution is 0.0942. The van der Waals surface area contributed by atoms with Gasteiger partial charge in [-0.2, -0.15) is 0 Å². The summed E-state index contributed by atoms with van der Waals surface area (Å²) in [5, 5.41) is 4.38. The SMILES string of the molecule is Cc1ccc(C(=O)NC(c2ccc(Cl)c(Cl)c2)c2ccc(Cl)cn2)cc1. The van der Waals surface area contributed by atoms with Crippen LogP contribution in [0, 0.1) is 6.92 Å². The second kappa shape index (κ2) is 8.09. The van der Waals surface area contributed by atoms with Gasteiger partial charge in [0.2, 0.25) is 0 Å². The summed E-state index contributed by atoms with van der Waals surface area (Å²) in [7, 11) is 0. The summed E-state index contributed by atoms with van der Waals surface area (Å²) in [5.41, 5.74) is 3.07. The maximum absolute atomic E-state index is 12.7. The normalized spacial score (nSPS) is 11.8. The van der Waals surface area contributed by atoms with Gasteiger partial charge in [-0.05, 0) is 48.9 Å². The predicted molar refractivity (Wildman–Crippen MR) is 106 cm³/mol. The smallest absolute Gasteiger partial charge is 0.252 e. The van der Waals surface area contributed by atoms with Crippen molar-refractivity contribution in [3.05, 3.63) is 98.2 Å². The Morgan fingerprint density at radius 2 is 1.69 bits per heavy atom. The molecule has 1 unspecified atom stereocenters. The first-order chi connectivity index (χ1) is 12.4. The molecule has 132 valence electrons. The van der Waals surface area contributed by atoms with E-state index in [9.17, 15) is 4.79 Å². The lowest BCUT2D eigenvalue weighted by Crippen LogP contribution is -2.30. The molecule has 0 aliphatic carbocycles. The van der Waals surface area contributed by atoms with E-state index in [1.54, 1.807) is 42.6 Å². The quantitative estimate of drug-likeness (QED) is 0.590. The molecule has 0 radical (unpaired) electrons. The number of carbonyl (C=O) groups is 1. The van der Waals surface area contributed by atoms with Gasteiger partial charge in [0.05, 0.1) is 26.8 Å². The van der Waals surface area contributed by atoms with Crippen LogP contribution in [0.15, 0.2) is 60.8 Å². The summed E-state index contributed by atoms with van der Waals surface area (Å²) in [5.74, 6) is -0.210. The Morgan fingerprint density at radius 3 is 2.31 bits per heavy atom. The number of hydrogen-bond donors (Lipinski definition) is 1. The van der Waals surface area contributed by atoms with E-state index in [1.807, 2.05) is 25.1 Å². The predicted octanol–water partition coefficient (Wildman–Crippen LogP) is 5.87. The fraction of sp³-hybridized carbons (Fsp3) is 0.100. The fourth-order valence-electron chi connectivity index (χ4n) is 2.50. The molecule has 26 heavy (non-hydrogen) atoms. The van der Waals surface area contributed by atoms with E-state index in [2.05, 4.69) is 10.3 Å². The average Bonchev–Trinajstić information content (AvgIpc) is 2.63. The fourth-order valence-corrected chi connectivity index (χ4v) is 2.92. The molecule has 1 heterocycles. The van der Waals surface area contributed by atoms with Crippen molar-refractivity contribution in [2.24, 2.45) is 0 Å². The highest BCUT2D eigenvalue weighted by atomic mass is 35.5. The van der Waals surface area contributed by atoms with Gasteiger partial charge in [0, 0.05) is 11.8 Å². The highest BCUT2D eigenvalue weighted by molar-refractivity contribution is 6.42. The van der Waals surface area contributed by atoms with Crippen LogP contribution in [-0.2, 0) is 0 Å². The number of pyridine rings is 1. The maximum Gasteiger partial charge on any atom is 0.252 e. The third-order valence-electron chi connectivity index (χ3n) is 3.91. The number of nitrogens with zero attached hydrogens (tertiary/aromatic N) is 1. The first-order valence-electron chi connectivity index (χ1n) is 7.88. The number of rotatable bonds is 4. The van der Waals surface area contributed by atoms with Crippen molar-refractivity contribution in [1.29, 1.82) is 0 Å². The zero-order chi connectivity index (χ0) is 18.7. The van der Waals surface area contributed by atoms with E-state index < -0.39 is 6.04 Å². The van der Waals surface area contributed by atoms with E-state index in [0.29, 0.717) is 26.3 Å². The van der Waals surface area contributed by atoms with Crippen molar-refractivity contribution in [2.75, 3.05) is 0 Å². The largest absolute Gasteiger partial charge is 0.340 e. The minimum Gasteiger partial charge on any atom is -0.340 e. The minimum absolute atomic E-state index is 0.210. The second-order valence-electron chi connectivity index (χ2n) is 5.85. The van der Waals surface area contributed by atoms with Crippen molar-refractivity contribution >= 4 is 40.7 Å². The molecule has 3 aromatic rings. The van der Waals surface area contributed by atoms with E-state index in [4.69, 9.17) is 34.8 Å². The molecule has 3 rings (SSSR count). The summed E-state index contributed by atoms with van der Waals surface area (Å²) in [6.45, 7) is 1.97. The van der Waals surface area contributed by atoms with Crippen molar-refractivity contribution in [2.45, 2.75) is 13.0 Å². The summed E-state index contributed by atoms with van der Waals surface area (Å²) >= 11 is 18.1. The van der Waals surface area contributed by atoms with Crippen LogP contribution in [0.4, 0.5) is 0 Å². The number of benzene rings is 2. The number of aromatic nitrogens is 1.